The van der Waals surface area contributed by atoms with Crippen LogP contribution >= 0.6 is 11.6 Å². The van der Waals surface area contributed by atoms with Gasteiger partial charge in [0.15, 0.2) is 0 Å². The van der Waals surface area contributed by atoms with Gasteiger partial charge in [-0.2, -0.15) is 4.31 Å². The van der Waals surface area contributed by atoms with Gasteiger partial charge in [0.1, 0.15) is 5.82 Å². The van der Waals surface area contributed by atoms with Crippen molar-refractivity contribution in [2.45, 2.75) is 30.3 Å². The molecular weight excluding hydrogens is 465 g/mol. The highest BCUT2D eigenvalue weighted by Crippen LogP contribution is 2.46. The van der Waals surface area contributed by atoms with E-state index in [2.05, 4.69) is 0 Å². The summed E-state index contributed by atoms with van der Waals surface area (Å²) in [6.45, 7) is 1.85. The first-order valence-electron chi connectivity index (χ1n) is 10.2. The Hall–Kier alpha value is -3.00. The lowest BCUT2D eigenvalue weighted by molar-refractivity contribution is -0.133. The lowest BCUT2D eigenvalue weighted by Crippen LogP contribution is -2.42. The maximum Gasteiger partial charge on any atom is 0.333 e. The first-order chi connectivity index (χ1) is 15.7. The highest BCUT2D eigenvalue weighted by molar-refractivity contribution is 7.89. The Morgan fingerprint density at radius 2 is 1.70 bits per heavy atom. The summed E-state index contributed by atoms with van der Waals surface area (Å²) in [5.74, 6) is -1.74. The van der Waals surface area contributed by atoms with Crippen LogP contribution in [0.2, 0.25) is 5.02 Å². The van der Waals surface area contributed by atoms with E-state index in [0.717, 1.165) is 5.56 Å². The molecule has 3 aromatic carbocycles. The Kier molecular flexibility index (Phi) is 6.38. The van der Waals surface area contributed by atoms with E-state index in [-0.39, 0.29) is 16.9 Å². The summed E-state index contributed by atoms with van der Waals surface area (Å²) in [5.41, 5.74) is 1.79. The van der Waals surface area contributed by atoms with Crippen LogP contribution in [0, 0.1) is 12.7 Å². The number of sulfonamides is 1. The molecule has 4 rings (SSSR count). The van der Waals surface area contributed by atoms with Crippen molar-refractivity contribution in [3.63, 3.8) is 0 Å². The Bertz CT molecular complexity index is 1320. The largest absolute Gasteiger partial charge is 0.478 e. The van der Waals surface area contributed by atoms with E-state index in [9.17, 15) is 22.7 Å². The average Bonchev–Trinajstić information content (AvgIpc) is 2.79. The van der Waals surface area contributed by atoms with Gasteiger partial charge >= 0.3 is 5.97 Å². The van der Waals surface area contributed by atoms with Crippen LogP contribution in [0.4, 0.5) is 4.39 Å². The lowest BCUT2D eigenvalue weighted by atomic mass is 9.89. The highest BCUT2D eigenvalue weighted by Gasteiger charge is 2.44. The minimum Gasteiger partial charge on any atom is -0.478 e. The summed E-state index contributed by atoms with van der Waals surface area (Å²) in [7, 11) is -4.17. The molecule has 170 valence electrons. The van der Waals surface area contributed by atoms with E-state index in [1.807, 2.05) is 6.92 Å². The smallest absolute Gasteiger partial charge is 0.333 e. The number of carbonyl (C=O) groups is 1. The van der Waals surface area contributed by atoms with Crippen molar-refractivity contribution in [1.29, 1.82) is 0 Å². The molecule has 0 aromatic heterocycles. The normalized spacial score (nSPS) is 19.2. The van der Waals surface area contributed by atoms with E-state index in [1.165, 1.54) is 46.8 Å². The molecule has 33 heavy (non-hydrogen) atoms. The van der Waals surface area contributed by atoms with Crippen LogP contribution in [-0.4, -0.2) is 23.8 Å². The molecule has 0 saturated heterocycles. The number of nitrogens with zero attached hydrogens (tertiary/aromatic N) is 1. The van der Waals surface area contributed by atoms with Crippen LogP contribution in [0.15, 0.2) is 89.3 Å². The number of rotatable bonds is 5. The summed E-state index contributed by atoms with van der Waals surface area (Å²) >= 11 is 6.19. The monoisotopic (exact) mass is 485 g/mol. The molecule has 1 N–H and O–H groups in total. The maximum atomic E-state index is 14.0. The fourth-order valence-electron chi connectivity index (χ4n) is 4.08. The zero-order valence-electron chi connectivity index (χ0n) is 17.7. The average molecular weight is 486 g/mol. The summed E-state index contributed by atoms with van der Waals surface area (Å²) in [6.07, 6.45) is 1.67. The van der Waals surface area contributed by atoms with Gasteiger partial charge in [0.05, 0.1) is 22.6 Å². The fourth-order valence-corrected chi connectivity index (χ4v) is 6.06. The second-order valence-electron chi connectivity index (χ2n) is 7.87. The molecule has 1 aliphatic heterocycles. The maximum absolute atomic E-state index is 14.0. The van der Waals surface area contributed by atoms with Gasteiger partial charge in [-0.3, -0.25) is 0 Å². The number of hydrogen-bond donors (Lipinski definition) is 1. The van der Waals surface area contributed by atoms with Crippen molar-refractivity contribution in [2.75, 3.05) is 0 Å². The molecule has 0 aliphatic carbocycles. The van der Waals surface area contributed by atoms with Gasteiger partial charge in [0.2, 0.25) is 10.0 Å². The molecule has 0 spiro atoms. The fraction of sp³-hybridized carbons (Fsp3) is 0.160. The van der Waals surface area contributed by atoms with E-state index in [0.29, 0.717) is 16.1 Å². The lowest BCUT2D eigenvalue weighted by Gasteiger charge is -2.40. The molecule has 0 amide bonds. The van der Waals surface area contributed by atoms with Gasteiger partial charge in [0, 0.05) is 5.02 Å². The van der Waals surface area contributed by atoms with E-state index < -0.39 is 33.9 Å². The summed E-state index contributed by atoms with van der Waals surface area (Å²) in [4.78, 5) is 12.2. The van der Waals surface area contributed by atoms with Gasteiger partial charge in [-0.1, -0.05) is 59.6 Å². The highest BCUT2D eigenvalue weighted by atomic mass is 35.5. The third kappa shape index (κ3) is 4.57. The van der Waals surface area contributed by atoms with Crippen LogP contribution < -0.4 is 0 Å². The number of carboxylic acids is 1. The zero-order chi connectivity index (χ0) is 23.8. The molecule has 1 heterocycles. The van der Waals surface area contributed by atoms with Crippen molar-refractivity contribution < 1.29 is 22.7 Å². The summed E-state index contributed by atoms with van der Waals surface area (Å²) in [6, 6.07) is 16.5. The van der Waals surface area contributed by atoms with Crippen LogP contribution in [0.1, 0.15) is 35.2 Å². The van der Waals surface area contributed by atoms with Crippen molar-refractivity contribution >= 4 is 27.6 Å². The standard InChI is InChI=1S/C25H21ClFNO4S/c1-16-5-11-21(12-6-16)33(31,32)28-23(18-3-2-4-19(26)15-18)14-13-22(25(29)30)24(28)17-7-9-20(27)10-8-17/h2-13,15,23-24H,14H2,1H3,(H,29,30). The molecule has 0 radical (unpaired) electrons. The molecule has 2 atom stereocenters. The Morgan fingerprint density at radius 1 is 1.03 bits per heavy atom. The quantitative estimate of drug-likeness (QED) is 0.505. The van der Waals surface area contributed by atoms with Gasteiger partial charge in [-0.25, -0.2) is 17.6 Å². The summed E-state index contributed by atoms with van der Waals surface area (Å²) in [5, 5.41) is 10.4. The van der Waals surface area contributed by atoms with Crippen LogP contribution in [0.3, 0.4) is 0 Å². The summed E-state index contributed by atoms with van der Waals surface area (Å²) < 4.78 is 42.8. The van der Waals surface area contributed by atoms with Gasteiger partial charge in [-0.15, -0.1) is 0 Å². The van der Waals surface area contributed by atoms with Gasteiger partial charge < -0.3 is 5.11 Å². The zero-order valence-corrected chi connectivity index (χ0v) is 19.2. The Labute approximate surface area is 196 Å². The first kappa shape index (κ1) is 23.2. The molecule has 0 bridgehead atoms. The molecule has 3 aromatic rings. The number of halogens is 2. The van der Waals surface area contributed by atoms with E-state index in [1.54, 1.807) is 36.4 Å². The van der Waals surface area contributed by atoms with Crippen molar-refractivity contribution in [3.8, 4) is 0 Å². The minimum atomic E-state index is -4.17. The molecule has 0 fully saturated rings. The van der Waals surface area contributed by atoms with Crippen molar-refractivity contribution in [1.82, 2.24) is 4.31 Å². The number of carboxylic acid groups (broad SMARTS) is 1. The number of hydrogen-bond acceptors (Lipinski definition) is 3. The molecule has 2 unspecified atom stereocenters. The second kappa shape index (κ2) is 9.09. The predicted octanol–water partition coefficient (Wildman–Crippen LogP) is 5.68. The number of aliphatic carboxylic acids is 1. The van der Waals surface area contributed by atoms with Gasteiger partial charge in [0.25, 0.3) is 0 Å². The van der Waals surface area contributed by atoms with E-state index >= 15 is 0 Å². The molecule has 0 saturated carbocycles. The predicted molar refractivity (Wildman–Crippen MR) is 124 cm³/mol. The van der Waals surface area contributed by atoms with Crippen LogP contribution in [0.25, 0.3) is 0 Å². The minimum absolute atomic E-state index is 0.0406. The Balaban J connectivity index is 1.97. The number of benzene rings is 3. The van der Waals surface area contributed by atoms with Crippen molar-refractivity contribution in [3.05, 3.63) is 112 Å². The van der Waals surface area contributed by atoms with Crippen LogP contribution in [-0.2, 0) is 14.8 Å². The molecular formula is C25H21ClFNO4S. The Morgan fingerprint density at radius 3 is 2.30 bits per heavy atom. The van der Waals surface area contributed by atoms with Gasteiger partial charge in [-0.05, 0) is 60.9 Å². The topological polar surface area (TPSA) is 74.7 Å². The van der Waals surface area contributed by atoms with Crippen LogP contribution in [0.5, 0.6) is 0 Å². The SMILES string of the molecule is Cc1ccc(S(=O)(=O)N2C(c3cccc(Cl)c3)CC=C(C(=O)O)C2c2ccc(F)cc2)cc1. The second-order valence-corrected chi connectivity index (χ2v) is 10.2. The van der Waals surface area contributed by atoms with E-state index in [4.69, 9.17) is 11.6 Å². The third-order valence-corrected chi connectivity index (χ3v) is 7.80. The van der Waals surface area contributed by atoms with Crippen molar-refractivity contribution in [2.24, 2.45) is 0 Å². The third-order valence-electron chi connectivity index (χ3n) is 5.68. The number of aryl methyl sites for hydroxylation is 1. The molecule has 8 heteroatoms. The first-order valence-corrected chi connectivity index (χ1v) is 12.0. The molecule has 1 aliphatic rings. The molecule has 5 nitrogen and oxygen atoms in total.